The van der Waals surface area contributed by atoms with Crippen LogP contribution in [0.25, 0.3) is 11.4 Å². The van der Waals surface area contributed by atoms with Crippen molar-refractivity contribution in [2.24, 2.45) is 11.8 Å². The largest absolute Gasteiger partial charge is 0.389 e. The number of nitrogens with one attached hydrogen (secondary N) is 1. The van der Waals surface area contributed by atoms with Gasteiger partial charge in [-0.05, 0) is 24.0 Å². The predicted octanol–water partition coefficient (Wildman–Crippen LogP) is 2.97. The average molecular weight is 392 g/mol. The van der Waals surface area contributed by atoms with Crippen molar-refractivity contribution in [3.05, 3.63) is 40.3 Å². The van der Waals surface area contributed by atoms with Crippen LogP contribution in [0.3, 0.4) is 0 Å². The summed E-state index contributed by atoms with van der Waals surface area (Å²) >= 11 is 0. The molecular formula is C19H28N4O5. The monoisotopic (exact) mass is 392 g/mol. The Bertz CT molecular complexity index is 745. The normalized spacial score (nSPS) is 13.8. The Kier molecular flexibility index (Phi) is 8.04. The Morgan fingerprint density at radius 2 is 1.89 bits per heavy atom. The molecule has 0 aliphatic carbocycles. The van der Waals surface area contributed by atoms with E-state index in [2.05, 4.69) is 29.3 Å². The van der Waals surface area contributed by atoms with Gasteiger partial charge in [0.15, 0.2) is 0 Å². The van der Waals surface area contributed by atoms with Crippen LogP contribution in [0.1, 0.15) is 39.6 Å². The van der Waals surface area contributed by atoms with Crippen molar-refractivity contribution in [2.75, 3.05) is 19.8 Å². The van der Waals surface area contributed by atoms with Crippen molar-refractivity contribution in [3.8, 4) is 11.4 Å². The molecule has 2 aromatic rings. The molecule has 28 heavy (non-hydrogen) atoms. The lowest BCUT2D eigenvalue weighted by Crippen LogP contribution is -2.35. The predicted molar refractivity (Wildman–Crippen MR) is 104 cm³/mol. The molecular weight excluding hydrogens is 364 g/mol. The van der Waals surface area contributed by atoms with Crippen molar-refractivity contribution in [1.82, 2.24) is 15.5 Å². The summed E-state index contributed by atoms with van der Waals surface area (Å²) < 4.78 is 10.8. The number of rotatable bonds is 11. The van der Waals surface area contributed by atoms with Gasteiger partial charge in [-0.2, -0.15) is 4.98 Å². The first-order chi connectivity index (χ1) is 13.3. The lowest BCUT2D eigenvalue weighted by Gasteiger charge is -2.21. The molecule has 1 aromatic heterocycles. The molecule has 0 amide bonds. The topological polar surface area (TPSA) is 124 Å². The van der Waals surface area contributed by atoms with Crippen LogP contribution in [0.15, 0.2) is 28.8 Å². The lowest BCUT2D eigenvalue weighted by molar-refractivity contribution is -0.384. The number of benzene rings is 1. The Hall–Kier alpha value is -2.36. The second-order valence-corrected chi connectivity index (χ2v) is 7.48. The van der Waals surface area contributed by atoms with Crippen LogP contribution in [0.2, 0.25) is 0 Å². The maximum Gasteiger partial charge on any atom is 0.269 e. The van der Waals surface area contributed by atoms with E-state index in [-0.39, 0.29) is 24.3 Å². The van der Waals surface area contributed by atoms with E-state index in [0.717, 1.165) is 0 Å². The van der Waals surface area contributed by atoms with E-state index in [4.69, 9.17) is 9.26 Å². The van der Waals surface area contributed by atoms with Gasteiger partial charge in [-0.3, -0.25) is 10.1 Å². The number of aliphatic hydroxyl groups excluding tert-OH is 1. The van der Waals surface area contributed by atoms with Crippen LogP contribution in [-0.2, 0) is 4.74 Å². The highest BCUT2D eigenvalue weighted by Gasteiger charge is 2.23. The molecule has 0 bridgehead atoms. The van der Waals surface area contributed by atoms with Gasteiger partial charge in [0.2, 0.25) is 11.7 Å². The summed E-state index contributed by atoms with van der Waals surface area (Å²) in [5.74, 6) is 1.32. The van der Waals surface area contributed by atoms with Gasteiger partial charge in [-0.25, -0.2) is 0 Å². The zero-order chi connectivity index (χ0) is 20.7. The molecule has 154 valence electrons. The van der Waals surface area contributed by atoms with Crippen LogP contribution in [-0.4, -0.2) is 46.0 Å². The summed E-state index contributed by atoms with van der Waals surface area (Å²) in [6.07, 6.45) is -0.642. The molecule has 9 nitrogen and oxygen atoms in total. The number of aliphatic hydroxyl groups is 1. The molecule has 0 aliphatic heterocycles. The van der Waals surface area contributed by atoms with Crippen molar-refractivity contribution < 1.29 is 19.3 Å². The van der Waals surface area contributed by atoms with Gasteiger partial charge in [-0.1, -0.05) is 32.9 Å². The lowest BCUT2D eigenvalue weighted by atomic mass is 10.0. The minimum absolute atomic E-state index is 0.00265. The number of nitrogens with zero attached hydrogens (tertiary/aromatic N) is 3. The number of nitro groups is 1. The molecule has 9 heteroatoms. The third-order valence-electron chi connectivity index (χ3n) is 4.05. The summed E-state index contributed by atoms with van der Waals surface area (Å²) in [7, 11) is 0. The molecule has 0 radical (unpaired) electrons. The van der Waals surface area contributed by atoms with Gasteiger partial charge >= 0.3 is 0 Å². The van der Waals surface area contributed by atoms with Crippen LogP contribution < -0.4 is 5.32 Å². The Balaban J connectivity index is 1.99. The summed E-state index contributed by atoms with van der Waals surface area (Å²) in [6, 6.07) is 5.73. The van der Waals surface area contributed by atoms with Gasteiger partial charge in [0.25, 0.3) is 5.69 Å². The number of hydrogen-bond acceptors (Lipinski definition) is 8. The fourth-order valence-electron chi connectivity index (χ4n) is 2.58. The molecule has 2 atom stereocenters. The first kappa shape index (κ1) is 21.9. The van der Waals surface area contributed by atoms with Gasteiger partial charge in [0.05, 0.1) is 23.7 Å². The molecule has 0 aliphatic rings. The van der Waals surface area contributed by atoms with Crippen molar-refractivity contribution in [2.45, 2.75) is 39.8 Å². The van der Waals surface area contributed by atoms with E-state index < -0.39 is 11.0 Å². The summed E-state index contributed by atoms with van der Waals surface area (Å²) in [5, 5.41) is 28.1. The minimum Gasteiger partial charge on any atom is -0.389 e. The van der Waals surface area contributed by atoms with Gasteiger partial charge in [0, 0.05) is 30.8 Å². The third kappa shape index (κ3) is 6.36. The quantitative estimate of drug-likeness (QED) is 0.442. The zero-order valence-electron chi connectivity index (χ0n) is 16.7. The third-order valence-corrected chi connectivity index (χ3v) is 4.05. The first-order valence-corrected chi connectivity index (χ1v) is 9.35. The highest BCUT2D eigenvalue weighted by molar-refractivity contribution is 5.56. The Labute approximate surface area is 164 Å². The highest BCUT2D eigenvalue weighted by Crippen LogP contribution is 2.24. The maximum atomic E-state index is 10.8. The summed E-state index contributed by atoms with van der Waals surface area (Å²) in [6.45, 7) is 9.32. The van der Waals surface area contributed by atoms with Crippen LogP contribution in [0, 0.1) is 22.0 Å². The van der Waals surface area contributed by atoms with Crippen LogP contribution >= 0.6 is 0 Å². The smallest absolute Gasteiger partial charge is 0.269 e. The Morgan fingerprint density at radius 1 is 1.21 bits per heavy atom. The number of ether oxygens (including phenoxy) is 1. The standard InChI is InChI=1S/C19H28N4O5/c1-12(2)10-27-11-16(24)9-20-17(13(3)4)19-21-18(22-28-19)14-5-7-15(8-6-14)23(25)26/h5-8,12-13,16-17,20,24H,9-11H2,1-4H3/t16-,17+/m0/s1. The molecule has 0 spiro atoms. The molecule has 2 N–H and O–H groups in total. The van der Waals surface area contributed by atoms with Crippen molar-refractivity contribution in [1.29, 1.82) is 0 Å². The minimum atomic E-state index is -0.642. The fourth-order valence-corrected chi connectivity index (χ4v) is 2.58. The number of nitro benzene ring substituents is 1. The van der Waals surface area contributed by atoms with Gasteiger partial charge < -0.3 is 19.7 Å². The molecule has 2 rings (SSSR count). The van der Waals surface area contributed by atoms with E-state index >= 15 is 0 Å². The van der Waals surface area contributed by atoms with E-state index in [1.807, 2.05) is 13.8 Å². The van der Waals surface area contributed by atoms with Gasteiger partial charge in [0.1, 0.15) is 0 Å². The van der Waals surface area contributed by atoms with E-state index in [1.54, 1.807) is 12.1 Å². The van der Waals surface area contributed by atoms with E-state index in [0.29, 0.717) is 36.3 Å². The van der Waals surface area contributed by atoms with E-state index in [9.17, 15) is 15.2 Å². The molecule has 0 fully saturated rings. The molecule has 1 aromatic carbocycles. The molecule has 0 saturated heterocycles. The zero-order valence-corrected chi connectivity index (χ0v) is 16.7. The molecule has 1 heterocycles. The number of non-ortho nitro benzene ring substituents is 1. The fraction of sp³-hybridized carbons (Fsp3) is 0.579. The Morgan fingerprint density at radius 3 is 2.46 bits per heavy atom. The maximum absolute atomic E-state index is 10.8. The van der Waals surface area contributed by atoms with Gasteiger partial charge in [-0.15, -0.1) is 0 Å². The molecule has 0 saturated carbocycles. The summed E-state index contributed by atoms with van der Waals surface area (Å²) in [5.41, 5.74) is 0.632. The number of aromatic nitrogens is 2. The van der Waals surface area contributed by atoms with Crippen LogP contribution in [0.5, 0.6) is 0 Å². The second kappa shape index (κ2) is 10.3. The van der Waals surface area contributed by atoms with Crippen molar-refractivity contribution >= 4 is 5.69 Å². The van der Waals surface area contributed by atoms with E-state index in [1.165, 1.54) is 12.1 Å². The average Bonchev–Trinajstić information content (AvgIpc) is 3.11. The van der Waals surface area contributed by atoms with Crippen molar-refractivity contribution in [3.63, 3.8) is 0 Å². The highest BCUT2D eigenvalue weighted by atomic mass is 16.6. The number of hydrogen-bond donors (Lipinski definition) is 2. The molecule has 0 unspecified atom stereocenters. The van der Waals surface area contributed by atoms with Crippen LogP contribution in [0.4, 0.5) is 5.69 Å². The summed E-state index contributed by atoms with van der Waals surface area (Å²) in [4.78, 5) is 14.7. The first-order valence-electron chi connectivity index (χ1n) is 9.35. The second-order valence-electron chi connectivity index (χ2n) is 7.48. The SMILES string of the molecule is CC(C)COC[C@@H](O)CN[C@@H](c1nc(-c2ccc([N+](=O)[O-])cc2)no1)C(C)C.